The van der Waals surface area contributed by atoms with Crippen molar-refractivity contribution in [3.8, 4) is 0 Å². The lowest BCUT2D eigenvalue weighted by atomic mass is 10.2. The molecule has 2 N–H and O–H groups in total. The minimum absolute atomic E-state index is 0.140. The van der Waals surface area contributed by atoms with Crippen molar-refractivity contribution >= 4 is 17.4 Å². The monoisotopic (exact) mass is 221 g/mol. The van der Waals surface area contributed by atoms with E-state index in [4.69, 9.17) is 0 Å². The van der Waals surface area contributed by atoms with E-state index in [2.05, 4.69) is 10.6 Å². The maximum atomic E-state index is 11.4. The van der Waals surface area contributed by atoms with Crippen molar-refractivity contribution in [3.63, 3.8) is 0 Å². The summed E-state index contributed by atoms with van der Waals surface area (Å²) in [6, 6.07) is 7.66. The molecule has 0 heterocycles. The molecule has 0 atom stereocenters. The fraction of sp³-hybridized carbons (Fsp3) is 0.417. The summed E-state index contributed by atoms with van der Waals surface area (Å²) in [5.41, 5.74) is 1.90. The van der Waals surface area contributed by atoms with Gasteiger partial charge in [0.2, 0.25) is 0 Å². The van der Waals surface area contributed by atoms with E-state index in [0.29, 0.717) is 0 Å². The van der Waals surface area contributed by atoms with Gasteiger partial charge < -0.3 is 15.5 Å². The Bertz CT molecular complexity index is 344. The van der Waals surface area contributed by atoms with Crippen LogP contribution < -0.4 is 15.5 Å². The van der Waals surface area contributed by atoms with Crippen LogP contribution in [-0.2, 0) is 0 Å². The Balaban J connectivity index is 2.58. The molecule has 0 radical (unpaired) electrons. The summed E-state index contributed by atoms with van der Waals surface area (Å²) in [6.07, 6.45) is 0. The smallest absolute Gasteiger partial charge is 0.319 e. The first kappa shape index (κ1) is 12.4. The summed E-state index contributed by atoms with van der Waals surface area (Å²) in [6.45, 7) is 3.85. The highest BCUT2D eigenvalue weighted by molar-refractivity contribution is 5.89. The molecule has 0 aromatic heterocycles. The van der Waals surface area contributed by atoms with Crippen LogP contribution in [0.3, 0.4) is 0 Å². The zero-order valence-electron chi connectivity index (χ0n) is 10.2. The maximum absolute atomic E-state index is 11.4. The lowest BCUT2D eigenvalue weighted by molar-refractivity contribution is 0.250. The van der Waals surface area contributed by atoms with E-state index in [1.54, 1.807) is 0 Å². The van der Waals surface area contributed by atoms with Crippen LogP contribution in [-0.4, -0.2) is 26.2 Å². The molecule has 0 spiro atoms. The van der Waals surface area contributed by atoms with Crippen molar-refractivity contribution < 1.29 is 4.79 Å². The first-order valence-corrected chi connectivity index (χ1v) is 5.34. The number of nitrogens with zero attached hydrogens (tertiary/aromatic N) is 1. The molecule has 1 rings (SSSR count). The Morgan fingerprint density at radius 3 is 2.19 bits per heavy atom. The number of urea groups is 1. The Morgan fingerprint density at radius 1 is 1.19 bits per heavy atom. The van der Waals surface area contributed by atoms with Gasteiger partial charge in [-0.25, -0.2) is 4.79 Å². The quantitative estimate of drug-likeness (QED) is 0.822. The highest BCUT2D eigenvalue weighted by Crippen LogP contribution is 2.15. The number of rotatable bonds is 3. The highest BCUT2D eigenvalue weighted by atomic mass is 16.2. The number of carbonyl (C=O) groups excluding carboxylic acids is 1. The number of benzene rings is 1. The van der Waals surface area contributed by atoms with E-state index >= 15 is 0 Å². The fourth-order valence-electron chi connectivity index (χ4n) is 1.27. The number of hydrogen-bond donors (Lipinski definition) is 2. The van der Waals surface area contributed by atoms with Gasteiger partial charge in [0.05, 0.1) is 0 Å². The van der Waals surface area contributed by atoms with Gasteiger partial charge in [-0.1, -0.05) is 0 Å². The molecular weight excluding hydrogens is 202 g/mol. The van der Waals surface area contributed by atoms with Crippen LogP contribution in [0, 0.1) is 0 Å². The normalized spacial score (nSPS) is 10.1. The molecule has 0 fully saturated rings. The van der Waals surface area contributed by atoms with Crippen molar-refractivity contribution in [2.75, 3.05) is 24.3 Å². The van der Waals surface area contributed by atoms with Gasteiger partial charge in [0, 0.05) is 31.5 Å². The van der Waals surface area contributed by atoms with Crippen molar-refractivity contribution in [2.45, 2.75) is 19.9 Å². The average molecular weight is 221 g/mol. The summed E-state index contributed by atoms with van der Waals surface area (Å²) in [5.74, 6) is 0. The molecule has 0 saturated carbocycles. The molecule has 1 aromatic rings. The Morgan fingerprint density at radius 2 is 1.75 bits per heavy atom. The maximum Gasteiger partial charge on any atom is 0.319 e. The Kier molecular flexibility index (Phi) is 4.17. The standard InChI is InChI=1S/C12H19N3O/c1-9(2)13-12(16)14-10-5-7-11(8-6-10)15(3)4/h5-9H,1-4H3,(H2,13,14,16). The third-order valence-electron chi connectivity index (χ3n) is 2.06. The Labute approximate surface area is 96.6 Å². The van der Waals surface area contributed by atoms with Crippen molar-refractivity contribution in [1.82, 2.24) is 5.32 Å². The number of amides is 2. The van der Waals surface area contributed by atoms with E-state index in [0.717, 1.165) is 11.4 Å². The molecule has 88 valence electrons. The summed E-state index contributed by atoms with van der Waals surface area (Å²) < 4.78 is 0. The van der Waals surface area contributed by atoms with Gasteiger partial charge in [0.1, 0.15) is 0 Å². The topological polar surface area (TPSA) is 44.4 Å². The second-order valence-electron chi connectivity index (χ2n) is 4.19. The van der Waals surface area contributed by atoms with Crippen LogP contribution in [0.2, 0.25) is 0 Å². The van der Waals surface area contributed by atoms with Crippen LogP contribution in [0.4, 0.5) is 16.2 Å². The third kappa shape index (κ3) is 3.81. The molecule has 4 heteroatoms. The average Bonchev–Trinajstić information content (AvgIpc) is 2.16. The molecule has 0 saturated heterocycles. The predicted molar refractivity (Wildman–Crippen MR) is 68.1 cm³/mol. The first-order valence-electron chi connectivity index (χ1n) is 5.34. The molecule has 0 unspecified atom stereocenters. The zero-order valence-corrected chi connectivity index (χ0v) is 10.2. The summed E-state index contributed by atoms with van der Waals surface area (Å²) in [4.78, 5) is 13.4. The molecule has 2 amide bonds. The van der Waals surface area contributed by atoms with Gasteiger partial charge in [-0.3, -0.25) is 0 Å². The van der Waals surface area contributed by atoms with Gasteiger partial charge in [-0.15, -0.1) is 0 Å². The fourth-order valence-corrected chi connectivity index (χ4v) is 1.27. The van der Waals surface area contributed by atoms with Crippen LogP contribution in [0.25, 0.3) is 0 Å². The van der Waals surface area contributed by atoms with Gasteiger partial charge in [0.25, 0.3) is 0 Å². The van der Waals surface area contributed by atoms with Crippen molar-refractivity contribution in [3.05, 3.63) is 24.3 Å². The van der Waals surface area contributed by atoms with E-state index in [9.17, 15) is 4.79 Å². The molecule has 4 nitrogen and oxygen atoms in total. The van der Waals surface area contributed by atoms with Crippen molar-refractivity contribution in [1.29, 1.82) is 0 Å². The van der Waals surface area contributed by atoms with E-state index in [1.807, 2.05) is 57.1 Å². The van der Waals surface area contributed by atoms with E-state index < -0.39 is 0 Å². The van der Waals surface area contributed by atoms with Gasteiger partial charge in [0.15, 0.2) is 0 Å². The lowest BCUT2D eigenvalue weighted by Crippen LogP contribution is -2.34. The molecule has 0 aliphatic carbocycles. The third-order valence-corrected chi connectivity index (χ3v) is 2.06. The number of anilines is 2. The molecule has 1 aromatic carbocycles. The molecule has 0 bridgehead atoms. The first-order chi connectivity index (χ1) is 7.49. The molecular formula is C12H19N3O. The Hall–Kier alpha value is -1.71. The van der Waals surface area contributed by atoms with E-state index in [1.165, 1.54) is 0 Å². The van der Waals surface area contributed by atoms with Crippen LogP contribution >= 0.6 is 0 Å². The van der Waals surface area contributed by atoms with Crippen LogP contribution in [0.15, 0.2) is 24.3 Å². The highest BCUT2D eigenvalue weighted by Gasteiger charge is 2.03. The lowest BCUT2D eigenvalue weighted by Gasteiger charge is -2.14. The largest absolute Gasteiger partial charge is 0.378 e. The van der Waals surface area contributed by atoms with Gasteiger partial charge >= 0.3 is 6.03 Å². The number of nitrogens with one attached hydrogen (secondary N) is 2. The number of hydrogen-bond acceptors (Lipinski definition) is 2. The van der Waals surface area contributed by atoms with Crippen molar-refractivity contribution in [2.24, 2.45) is 0 Å². The summed E-state index contributed by atoms with van der Waals surface area (Å²) in [7, 11) is 3.96. The predicted octanol–water partition coefficient (Wildman–Crippen LogP) is 2.28. The molecule has 16 heavy (non-hydrogen) atoms. The van der Waals surface area contributed by atoms with E-state index in [-0.39, 0.29) is 12.1 Å². The molecule has 0 aliphatic rings. The second kappa shape index (κ2) is 5.39. The summed E-state index contributed by atoms with van der Waals surface area (Å²) in [5, 5.41) is 5.54. The molecule has 0 aliphatic heterocycles. The van der Waals surface area contributed by atoms with Gasteiger partial charge in [-0.05, 0) is 38.1 Å². The van der Waals surface area contributed by atoms with Crippen LogP contribution in [0.5, 0.6) is 0 Å². The second-order valence-corrected chi connectivity index (χ2v) is 4.19. The van der Waals surface area contributed by atoms with Crippen LogP contribution in [0.1, 0.15) is 13.8 Å². The minimum atomic E-state index is -0.174. The summed E-state index contributed by atoms with van der Waals surface area (Å²) >= 11 is 0. The number of carbonyl (C=O) groups is 1. The SMILES string of the molecule is CC(C)NC(=O)Nc1ccc(N(C)C)cc1. The minimum Gasteiger partial charge on any atom is -0.378 e. The zero-order chi connectivity index (χ0) is 12.1. The van der Waals surface area contributed by atoms with Gasteiger partial charge in [-0.2, -0.15) is 0 Å².